The van der Waals surface area contributed by atoms with Crippen LogP contribution in [0.2, 0.25) is 5.02 Å². The van der Waals surface area contributed by atoms with Crippen molar-refractivity contribution in [2.45, 2.75) is 32.0 Å². The minimum absolute atomic E-state index is 0.111. The van der Waals surface area contributed by atoms with Gasteiger partial charge in [-0.2, -0.15) is 0 Å². The maximum atomic E-state index is 14.4. The van der Waals surface area contributed by atoms with Gasteiger partial charge in [-0.1, -0.05) is 11.6 Å². The molecule has 0 radical (unpaired) electrons. The van der Waals surface area contributed by atoms with Gasteiger partial charge in [0.15, 0.2) is 5.82 Å². The van der Waals surface area contributed by atoms with Gasteiger partial charge in [0.1, 0.15) is 23.4 Å². The van der Waals surface area contributed by atoms with Crippen LogP contribution in [0, 0.1) is 5.82 Å². The van der Waals surface area contributed by atoms with E-state index in [0.717, 1.165) is 7.11 Å². The third-order valence-corrected chi connectivity index (χ3v) is 8.85. The first-order chi connectivity index (χ1) is 24.9. The van der Waals surface area contributed by atoms with Crippen LogP contribution in [0.5, 0.6) is 11.5 Å². The summed E-state index contributed by atoms with van der Waals surface area (Å²) < 4.78 is 30.8. The molecule has 5 rings (SSSR count). The van der Waals surface area contributed by atoms with Gasteiger partial charge in [0.25, 0.3) is 5.56 Å². The summed E-state index contributed by atoms with van der Waals surface area (Å²) in [6.45, 7) is 3.57. The molecule has 1 aromatic heterocycles. The highest BCUT2D eigenvalue weighted by molar-refractivity contribution is 6.31. The van der Waals surface area contributed by atoms with Crippen molar-refractivity contribution >= 4 is 51.9 Å². The van der Waals surface area contributed by atoms with E-state index >= 15 is 0 Å². The minimum Gasteiger partial charge on any atom is -0.497 e. The number of alkyl carbamates (subject to hydrolysis) is 1. The summed E-state index contributed by atoms with van der Waals surface area (Å²) in [6.07, 6.45) is -2.08. The number of fused-ring (bicyclic) bond motifs is 1. The van der Waals surface area contributed by atoms with Crippen LogP contribution in [0.4, 0.5) is 25.4 Å². The molecule has 0 aliphatic carbocycles. The molecule has 17 heteroatoms. The number of benzene rings is 3. The second kappa shape index (κ2) is 16.2. The number of rotatable bonds is 10. The summed E-state index contributed by atoms with van der Waals surface area (Å²) >= 11 is 6.30. The second-order valence-electron chi connectivity index (χ2n) is 11.9. The van der Waals surface area contributed by atoms with Gasteiger partial charge in [-0.15, -0.1) is 0 Å². The fourth-order valence-electron chi connectivity index (χ4n) is 5.91. The first-order valence-corrected chi connectivity index (χ1v) is 16.6. The Hall–Kier alpha value is -5.61. The van der Waals surface area contributed by atoms with Gasteiger partial charge < -0.3 is 39.9 Å². The Kier molecular flexibility index (Phi) is 11.7. The molecule has 4 aromatic rings. The zero-order valence-electron chi connectivity index (χ0n) is 29.1. The van der Waals surface area contributed by atoms with Gasteiger partial charge in [0.05, 0.1) is 63.2 Å². The molecule has 0 spiro atoms. The maximum Gasteiger partial charge on any atom is 0.407 e. The lowest BCUT2D eigenvalue weighted by Gasteiger charge is -2.40. The number of nitrogens with zero attached hydrogens (tertiary/aromatic N) is 5. The molecule has 0 saturated carbocycles. The van der Waals surface area contributed by atoms with Gasteiger partial charge in [0.2, 0.25) is 5.91 Å². The average molecular weight is 740 g/mol. The third kappa shape index (κ3) is 7.97. The lowest BCUT2D eigenvalue weighted by Crippen LogP contribution is -2.61. The summed E-state index contributed by atoms with van der Waals surface area (Å²) in [7, 11) is 4.08. The number of piperazine rings is 1. The Morgan fingerprint density at radius 3 is 2.27 bits per heavy atom. The van der Waals surface area contributed by atoms with E-state index in [1.54, 1.807) is 42.3 Å². The Morgan fingerprint density at radius 1 is 0.962 bits per heavy atom. The number of urea groups is 1. The van der Waals surface area contributed by atoms with Crippen molar-refractivity contribution in [2.24, 2.45) is 0 Å². The number of aliphatic hydroxyl groups excluding tert-OH is 1. The normalized spacial score (nSPS) is 14.6. The van der Waals surface area contributed by atoms with E-state index in [1.807, 2.05) is 0 Å². The van der Waals surface area contributed by atoms with E-state index in [9.17, 15) is 28.7 Å². The number of carbonyl (C=O) groups excluding carboxylic acids is 3. The Bertz CT molecular complexity index is 2000. The fourth-order valence-corrected chi connectivity index (χ4v) is 6.08. The lowest BCUT2D eigenvalue weighted by molar-refractivity contribution is -0.136. The predicted molar refractivity (Wildman–Crippen MR) is 192 cm³/mol. The molecule has 1 saturated heterocycles. The largest absolute Gasteiger partial charge is 0.497 e. The van der Waals surface area contributed by atoms with Crippen LogP contribution in [0.1, 0.15) is 25.7 Å². The van der Waals surface area contributed by atoms with Crippen LogP contribution in [0.3, 0.4) is 0 Å². The van der Waals surface area contributed by atoms with Crippen LogP contribution in [-0.2, 0) is 9.53 Å². The van der Waals surface area contributed by atoms with E-state index in [1.165, 1.54) is 66.0 Å². The molecule has 3 N–H and O–H groups in total. The number of ether oxygens (including phenoxy) is 3. The average Bonchev–Trinajstić information content (AvgIpc) is 3.14. The number of hydrogen-bond acceptors (Lipinski definition) is 10. The Labute approximate surface area is 303 Å². The standard InChI is InChI=1S/C35H39ClFN7O8/c1-20(43(28-13-11-25(50-3)19-29(28)51-4)34(48)38-24-9-7-23(37)8-10-24)31-39-27-12-6-22(36)18-26(27)32(46)44(31)42-16-14-41(15-17-42)33(47)30(21(2)45)40-35(49)52-5/h6-13,18-21,30,45H,14-17H2,1-5H3,(H,38,48)(H,40,49)/t20?,21-,30+/m1/s1. The Morgan fingerprint density at radius 2 is 1.65 bits per heavy atom. The molecule has 276 valence electrons. The van der Waals surface area contributed by atoms with Crippen molar-refractivity contribution in [3.05, 3.63) is 87.7 Å². The molecular weight excluding hydrogens is 701 g/mol. The van der Waals surface area contributed by atoms with Crippen molar-refractivity contribution < 1.29 is 38.1 Å². The van der Waals surface area contributed by atoms with Crippen LogP contribution in [0.25, 0.3) is 10.9 Å². The van der Waals surface area contributed by atoms with Gasteiger partial charge >= 0.3 is 12.1 Å². The predicted octanol–water partition coefficient (Wildman–Crippen LogP) is 3.89. The topological polar surface area (TPSA) is 168 Å². The van der Waals surface area contributed by atoms with Gasteiger partial charge in [-0.25, -0.2) is 23.6 Å². The number of halogens is 2. The molecule has 3 atom stereocenters. The van der Waals surface area contributed by atoms with E-state index in [-0.39, 0.29) is 43.1 Å². The van der Waals surface area contributed by atoms with Crippen molar-refractivity contribution in [3.63, 3.8) is 0 Å². The summed E-state index contributed by atoms with van der Waals surface area (Å²) in [5.74, 6) is -0.0906. The zero-order valence-corrected chi connectivity index (χ0v) is 29.9. The van der Waals surface area contributed by atoms with Gasteiger partial charge in [0, 0.05) is 29.9 Å². The number of methoxy groups -OCH3 is 3. The highest BCUT2D eigenvalue weighted by atomic mass is 35.5. The fraction of sp³-hybridized carbons (Fsp3) is 0.343. The molecule has 1 aliphatic rings. The maximum absolute atomic E-state index is 14.4. The number of nitrogens with one attached hydrogen (secondary N) is 2. The molecule has 15 nitrogen and oxygen atoms in total. The highest BCUT2D eigenvalue weighted by Gasteiger charge is 2.35. The van der Waals surface area contributed by atoms with Crippen LogP contribution < -0.4 is 35.6 Å². The molecule has 0 bridgehead atoms. The minimum atomic E-state index is -1.26. The molecule has 1 aliphatic heterocycles. The number of aliphatic hydroxyl groups is 1. The van der Waals surface area contributed by atoms with Gasteiger partial charge in [-0.05, 0) is 68.4 Å². The molecule has 1 unspecified atom stereocenters. The highest BCUT2D eigenvalue weighted by Crippen LogP contribution is 2.37. The van der Waals surface area contributed by atoms with E-state index in [4.69, 9.17) is 26.1 Å². The molecule has 3 aromatic carbocycles. The van der Waals surface area contributed by atoms with E-state index in [2.05, 4.69) is 15.4 Å². The number of anilines is 2. The van der Waals surface area contributed by atoms with Crippen molar-refractivity contribution in [1.29, 1.82) is 0 Å². The molecular formula is C35H39ClFN7O8. The first-order valence-electron chi connectivity index (χ1n) is 16.2. The first kappa shape index (κ1) is 37.6. The summed E-state index contributed by atoms with van der Waals surface area (Å²) in [6, 6.07) is 12.0. The monoisotopic (exact) mass is 739 g/mol. The van der Waals surface area contributed by atoms with Crippen LogP contribution in [-0.4, -0.2) is 97.4 Å². The zero-order chi connectivity index (χ0) is 37.7. The molecule has 52 heavy (non-hydrogen) atoms. The number of aromatic nitrogens is 2. The van der Waals surface area contributed by atoms with Crippen LogP contribution >= 0.6 is 11.6 Å². The number of carbonyl (C=O) groups is 3. The van der Waals surface area contributed by atoms with Crippen molar-refractivity contribution in [2.75, 3.05) is 62.7 Å². The number of hydrogen-bond donors (Lipinski definition) is 3. The second-order valence-corrected chi connectivity index (χ2v) is 12.3. The van der Waals surface area contributed by atoms with E-state index < -0.39 is 47.6 Å². The smallest absolute Gasteiger partial charge is 0.407 e. The van der Waals surface area contributed by atoms with Crippen molar-refractivity contribution in [1.82, 2.24) is 19.9 Å². The molecule has 2 heterocycles. The number of amides is 4. The summed E-state index contributed by atoms with van der Waals surface area (Å²) in [5, 5.41) is 17.7. The lowest BCUT2D eigenvalue weighted by atomic mass is 10.1. The molecule has 4 amide bonds. The van der Waals surface area contributed by atoms with Gasteiger partial charge in [-0.3, -0.25) is 14.5 Å². The third-order valence-electron chi connectivity index (χ3n) is 8.61. The van der Waals surface area contributed by atoms with Crippen molar-refractivity contribution in [3.8, 4) is 11.5 Å². The quantitative estimate of drug-likeness (QED) is 0.217. The molecule has 1 fully saturated rings. The Balaban J connectivity index is 1.58. The summed E-state index contributed by atoms with van der Waals surface area (Å²) in [5.41, 5.74) is 0.483. The summed E-state index contributed by atoms with van der Waals surface area (Å²) in [4.78, 5) is 61.6. The van der Waals surface area contributed by atoms with E-state index in [0.29, 0.717) is 27.7 Å². The van der Waals surface area contributed by atoms with Crippen LogP contribution in [0.15, 0.2) is 65.5 Å². The SMILES string of the molecule is COC(=O)N[C@H](C(=O)N1CCN(n2c(C(C)N(C(=O)Nc3ccc(F)cc3)c3ccc(OC)cc3OC)nc3ccc(Cl)cc3c2=O)CC1)[C@@H](C)O.